The summed E-state index contributed by atoms with van der Waals surface area (Å²) in [5.74, 6) is 4.99. The zero-order valence-electron chi connectivity index (χ0n) is 8.92. The lowest BCUT2D eigenvalue weighted by atomic mass is 10.1. The first-order valence-electron chi connectivity index (χ1n) is 4.82. The first-order valence-corrected chi connectivity index (χ1v) is 4.82. The van der Waals surface area contributed by atoms with Crippen molar-refractivity contribution in [2.75, 3.05) is 0 Å². The number of hydrogen-bond acceptors (Lipinski definition) is 3. The number of halogens is 1. The molecule has 0 bridgehead atoms. The zero-order chi connectivity index (χ0) is 11.3. The molecule has 0 saturated carbocycles. The van der Waals surface area contributed by atoms with Crippen molar-refractivity contribution in [1.29, 1.82) is 0 Å². The van der Waals surface area contributed by atoms with E-state index in [2.05, 4.69) is 10.7 Å². The molecule has 0 saturated heterocycles. The van der Waals surface area contributed by atoms with E-state index in [1.165, 1.54) is 12.1 Å². The van der Waals surface area contributed by atoms with Crippen LogP contribution >= 0.6 is 0 Å². The zero-order valence-corrected chi connectivity index (χ0v) is 8.92. The van der Waals surface area contributed by atoms with Gasteiger partial charge in [0.2, 0.25) is 0 Å². The van der Waals surface area contributed by atoms with Crippen LogP contribution in [0.25, 0.3) is 5.70 Å². The van der Waals surface area contributed by atoms with Crippen LogP contribution in [0.5, 0.6) is 0 Å². The average molecular weight is 209 g/mol. The Morgan fingerprint density at radius 1 is 1.33 bits per heavy atom. The van der Waals surface area contributed by atoms with Gasteiger partial charge in [-0.3, -0.25) is 5.84 Å². The van der Waals surface area contributed by atoms with Crippen LogP contribution in [0, 0.1) is 5.82 Å². The standard InChI is InChI=1S/C11H16FN3/c1-8(2)15-11(7-14-13)9-3-5-10(12)6-4-9/h3-8,14-15H,13H2,1-2H3/b11-7-. The summed E-state index contributed by atoms with van der Waals surface area (Å²) in [6.45, 7) is 4.04. The van der Waals surface area contributed by atoms with Gasteiger partial charge >= 0.3 is 0 Å². The second-order valence-electron chi connectivity index (χ2n) is 3.53. The fourth-order valence-corrected chi connectivity index (χ4v) is 1.23. The normalized spacial score (nSPS) is 11.7. The van der Waals surface area contributed by atoms with Gasteiger partial charge in [0.25, 0.3) is 0 Å². The van der Waals surface area contributed by atoms with Crippen LogP contribution in [-0.2, 0) is 0 Å². The monoisotopic (exact) mass is 209 g/mol. The second-order valence-corrected chi connectivity index (χ2v) is 3.53. The van der Waals surface area contributed by atoms with Crippen LogP contribution < -0.4 is 16.6 Å². The third-order valence-corrected chi connectivity index (χ3v) is 1.83. The summed E-state index contributed by atoms with van der Waals surface area (Å²) in [5, 5.41) is 3.21. The summed E-state index contributed by atoms with van der Waals surface area (Å²) >= 11 is 0. The fraction of sp³-hybridized carbons (Fsp3) is 0.273. The number of hydrogen-bond donors (Lipinski definition) is 3. The summed E-state index contributed by atoms with van der Waals surface area (Å²) in [6, 6.07) is 6.53. The summed E-state index contributed by atoms with van der Waals surface area (Å²) in [4.78, 5) is 0. The van der Waals surface area contributed by atoms with Crippen molar-refractivity contribution in [3.63, 3.8) is 0 Å². The largest absolute Gasteiger partial charge is 0.381 e. The third-order valence-electron chi connectivity index (χ3n) is 1.83. The highest BCUT2D eigenvalue weighted by molar-refractivity contribution is 5.63. The lowest BCUT2D eigenvalue weighted by molar-refractivity contribution is 0.627. The number of nitrogens with two attached hydrogens (primary N) is 1. The number of rotatable bonds is 4. The molecule has 0 aromatic heterocycles. The maximum absolute atomic E-state index is 12.7. The molecule has 0 aliphatic rings. The van der Waals surface area contributed by atoms with E-state index in [0.717, 1.165) is 11.3 Å². The fourth-order valence-electron chi connectivity index (χ4n) is 1.23. The number of hydrazine groups is 1. The van der Waals surface area contributed by atoms with Crippen molar-refractivity contribution in [2.45, 2.75) is 19.9 Å². The van der Waals surface area contributed by atoms with Crippen molar-refractivity contribution in [3.8, 4) is 0 Å². The second kappa shape index (κ2) is 5.36. The van der Waals surface area contributed by atoms with Crippen LogP contribution in [0.4, 0.5) is 4.39 Å². The van der Waals surface area contributed by atoms with Crippen LogP contribution in [-0.4, -0.2) is 6.04 Å². The first-order chi connectivity index (χ1) is 7.13. The van der Waals surface area contributed by atoms with Crippen LogP contribution in [0.1, 0.15) is 19.4 Å². The molecular formula is C11H16FN3. The third kappa shape index (κ3) is 3.59. The van der Waals surface area contributed by atoms with E-state index in [4.69, 9.17) is 5.84 Å². The smallest absolute Gasteiger partial charge is 0.123 e. The SMILES string of the molecule is CC(C)N/C(=C\NN)c1ccc(F)cc1. The minimum atomic E-state index is -0.247. The maximum Gasteiger partial charge on any atom is 0.123 e. The molecule has 0 aliphatic heterocycles. The van der Waals surface area contributed by atoms with Gasteiger partial charge in [-0.1, -0.05) is 0 Å². The molecule has 0 amide bonds. The molecule has 0 unspecified atom stereocenters. The van der Waals surface area contributed by atoms with Crippen molar-refractivity contribution in [3.05, 3.63) is 41.8 Å². The van der Waals surface area contributed by atoms with Crippen molar-refractivity contribution < 1.29 is 4.39 Å². The van der Waals surface area contributed by atoms with Gasteiger partial charge in [-0.25, -0.2) is 4.39 Å². The number of nitrogens with one attached hydrogen (secondary N) is 2. The molecule has 0 spiro atoms. The predicted molar refractivity (Wildman–Crippen MR) is 60.0 cm³/mol. The molecule has 4 N–H and O–H groups in total. The lowest BCUT2D eigenvalue weighted by Gasteiger charge is -2.14. The Morgan fingerprint density at radius 2 is 1.93 bits per heavy atom. The highest BCUT2D eigenvalue weighted by Crippen LogP contribution is 2.12. The average Bonchev–Trinajstić information content (AvgIpc) is 2.17. The van der Waals surface area contributed by atoms with E-state index in [1.54, 1.807) is 18.3 Å². The Morgan fingerprint density at radius 3 is 2.40 bits per heavy atom. The van der Waals surface area contributed by atoms with Gasteiger partial charge in [-0.15, -0.1) is 0 Å². The summed E-state index contributed by atoms with van der Waals surface area (Å²) in [7, 11) is 0. The van der Waals surface area contributed by atoms with E-state index in [0.29, 0.717) is 0 Å². The molecule has 15 heavy (non-hydrogen) atoms. The molecular weight excluding hydrogens is 193 g/mol. The van der Waals surface area contributed by atoms with Crippen LogP contribution in [0.15, 0.2) is 30.5 Å². The van der Waals surface area contributed by atoms with E-state index in [-0.39, 0.29) is 11.9 Å². The quantitative estimate of drug-likeness (QED) is 0.521. The molecule has 0 heterocycles. The molecule has 3 nitrogen and oxygen atoms in total. The van der Waals surface area contributed by atoms with E-state index < -0.39 is 0 Å². The van der Waals surface area contributed by atoms with Gasteiger partial charge < -0.3 is 10.7 Å². The molecule has 1 aromatic carbocycles. The van der Waals surface area contributed by atoms with Gasteiger partial charge in [-0.05, 0) is 43.7 Å². The molecule has 0 radical (unpaired) electrons. The summed E-state index contributed by atoms with van der Waals surface area (Å²) in [5.41, 5.74) is 4.20. The highest BCUT2D eigenvalue weighted by Gasteiger charge is 2.02. The first kappa shape index (κ1) is 11.5. The topological polar surface area (TPSA) is 50.1 Å². The summed E-state index contributed by atoms with van der Waals surface area (Å²) < 4.78 is 12.7. The molecule has 0 atom stereocenters. The van der Waals surface area contributed by atoms with Crippen molar-refractivity contribution >= 4 is 5.70 Å². The Labute approximate surface area is 89.1 Å². The van der Waals surface area contributed by atoms with Crippen LogP contribution in [0.3, 0.4) is 0 Å². The van der Waals surface area contributed by atoms with E-state index in [1.807, 2.05) is 13.8 Å². The van der Waals surface area contributed by atoms with Gasteiger partial charge in [-0.2, -0.15) is 0 Å². The van der Waals surface area contributed by atoms with E-state index >= 15 is 0 Å². The van der Waals surface area contributed by atoms with E-state index in [9.17, 15) is 4.39 Å². The highest BCUT2D eigenvalue weighted by atomic mass is 19.1. The Bertz CT molecular complexity index is 330. The Hall–Kier alpha value is -1.55. The molecule has 1 aromatic rings. The van der Waals surface area contributed by atoms with Crippen LogP contribution in [0.2, 0.25) is 0 Å². The molecule has 4 heteroatoms. The Kier molecular flexibility index (Phi) is 4.12. The Balaban J connectivity index is 2.89. The van der Waals surface area contributed by atoms with Crippen molar-refractivity contribution in [2.24, 2.45) is 5.84 Å². The maximum atomic E-state index is 12.7. The molecule has 0 aliphatic carbocycles. The minimum Gasteiger partial charge on any atom is -0.381 e. The lowest BCUT2D eigenvalue weighted by Crippen LogP contribution is -2.24. The van der Waals surface area contributed by atoms with Gasteiger partial charge in [0, 0.05) is 12.2 Å². The number of benzene rings is 1. The molecule has 1 rings (SSSR count). The van der Waals surface area contributed by atoms with Gasteiger partial charge in [0.05, 0.1) is 5.70 Å². The van der Waals surface area contributed by atoms with Gasteiger partial charge in [0.1, 0.15) is 5.82 Å². The van der Waals surface area contributed by atoms with Gasteiger partial charge in [0.15, 0.2) is 0 Å². The summed E-state index contributed by atoms with van der Waals surface area (Å²) in [6.07, 6.45) is 1.65. The minimum absolute atomic E-state index is 0.247. The molecule has 82 valence electrons. The molecule has 0 fully saturated rings. The predicted octanol–water partition coefficient (Wildman–Crippen LogP) is 1.59. The van der Waals surface area contributed by atoms with Crippen molar-refractivity contribution in [1.82, 2.24) is 10.7 Å².